The zero-order valence-electron chi connectivity index (χ0n) is 5.62. The number of aromatic amines is 1. The summed E-state index contributed by atoms with van der Waals surface area (Å²) in [7, 11) is 0. The van der Waals surface area contributed by atoms with Gasteiger partial charge in [-0.25, -0.2) is 0 Å². The number of halogens is 3. The van der Waals surface area contributed by atoms with Gasteiger partial charge in [-0.05, 0) is 6.07 Å². The third kappa shape index (κ3) is 2.98. The average molecular weight is 221 g/mol. The van der Waals surface area contributed by atoms with E-state index < -0.39 is 5.56 Å². The molecule has 1 rings (SSSR count). The standard InChI is InChI=1S/C5H2Cl3NO.Na/c6-2-1-3(7)5(10)9-4(2)8;/h1H,(H,9,10);/q;+1. The maximum atomic E-state index is 10.7. The summed E-state index contributed by atoms with van der Waals surface area (Å²) in [6, 6.07) is 1.30. The molecule has 0 fully saturated rings. The molecule has 0 saturated carbocycles. The maximum Gasteiger partial charge on any atom is 1.00 e. The molecule has 0 spiro atoms. The first-order valence-corrected chi connectivity index (χ1v) is 3.48. The molecule has 0 bridgehead atoms. The van der Waals surface area contributed by atoms with Crippen molar-refractivity contribution < 1.29 is 29.6 Å². The van der Waals surface area contributed by atoms with Crippen molar-refractivity contribution in [2.24, 2.45) is 0 Å². The van der Waals surface area contributed by atoms with Gasteiger partial charge in [-0.2, -0.15) is 0 Å². The molecule has 0 radical (unpaired) electrons. The number of H-pyrrole nitrogens is 1. The second-order valence-electron chi connectivity index (χ2n) is 1.61. The van der Waals surface area contributed by atoms with Crippen molar-refractivity contribution in [3.63, 3.8) is 0 Å². The molecular weight excluding hydrogens is 219 g/mol. The van der Waals surface area contributed by atoms with Crippen LogP contribution in [0.1, 0.15) is 0 Å². The first-order chi connectivity index (χ1) is 4.61. The van der Waals surface area contributed by atoms with Crippen LogP contribution < -0.4 is 35.1 Å². The quantitative estimate of drug-likeness (QED) is 0.458. The predicted molar refractivity (Wildman–Crippen MR) is 42.1 cm³/mol. The van der Waals surface area contributed by atoms with Crippen molar-refractivity contribution in [3.8, 4) is 0 Å². The fourth-order valence-corrected chi connectivity index (χ4v) is 0.968. The maximum absolute atomic E-state index is 10.7. The molecule has 1 N–H and O–H groups in total. The van der Waals surface area contributed by atoms with Gasteiger partial charge in [-0.15, -0.1) is 0 Å². The summed E-state index contributed by atoms with van der Waals surface area (Å²) in [4.78, 5) is 12.9. The molecular formula is C5H2Cl3NNaO+. The Hall–Kier alpha value is 0.820. The summed E-state index contributed by atoms with van der Waals surface area (Å²) in [6.45, 7) is 0. The van der Waals surface area contributed by atoms with E-state index in [1.165, 1.54) is 6.07 Å². The summed E-state index contributed by atoms with van der Waals surface area (Å²) in [5.74, 6) is 0. The zero-order valence-corrected chi connectivity index (χ0v) is 9.89. The van der Waals surface area contributed by atoms with Gasteiger partial charge in [0.25, 0.3) is 5.56 Å². The molecule has 0 atom stereocenters. The van der Waals surface area contributed by atoms with Crippen molar-refractivity contribution >= 4 is 34.8 Å². The zero-order chi connectivity index (χ0) is 7.72. The number of hydrogen-bond donors (Lipinski definition) is 1. The van der Waals surface area contributed by atoms with Crippen LogP contribution in [-0.4, -0.2) is 4.98 Å². The third-order valence-corrected chi connectivity index (χ3v) is 1.88. The molecule has 0 unspecified atom stereocenters. The Kier molecular flexibility index (Phi) is 5.10. The van der Waals surface area contributed by atoms with E-state index in [1.807, 2.05) is 0 Å². The van der Waals surface area contributed by atoms with Crippen LogP contribution in [0, 0.1) is 0 Å². The molecule has 54 valence electrons. The molecule has 1 heterocycles. The fourth-order valence-electron chi connectivity index (χ4n) is 0.459. The normalized spacial score (nSPS) is 9.00. The van der Waals surface area contributed by atoms with E-state index in [1.54, 1.807) is 0 Å². The van der Waals surface area contributed by atoms with E-state index in [-0.39, 0.29) is 44.8 Å². The van der Waals surface area contributed by atoms with Gasteiger partial charge in [-0.3, -0.25) is 4.79 Å². The van der Waals surface area contributed by atoms with E-state index in [9.17, 15) is 4.79 Å². The molecule has 6 heteroatoms. The first kappa shape index (κ1) is 11.8. The van der Waals surface area contributed by atoms with Crippen LogP contribution in [0.5, 0.6) is 0 Å². The van der Waals surface area contributed by atoms with E-state index in [0.29, 0.717) is 0 Å². The fraction of sp³-hybridized carbons (Fsp3) is 0. The predicted octanol–water partition coefficient (Wildman–Crippen LogP) is -0.661. The number of rotatable bonds is 0. The Balaban J connectivity index is 0.000001000. The summed E-state index contributed by atoms with van der Waals surface area (Å²) >= 11 is 16.3. The van der Waals surface area contributed by atoms with Crippen molar-refractivity contribution in [2.75, 3.05) is 0 Å². The van der Waals surface area contributed by atoms with E-state index in [2.05, 4.69) is 4.98 Å². The van der Waals surface area contributed by atoms with Gasteiger partial charge in [0.2, 0.25) is 0 Å². The topological polar surface area (TPSA) is 32.9 Å². The molecule has 0 amide bonds. The van der Waals surface area contributed by atoms with Crippen molar-refractivity contribution in [2.45, 2.75) is 0 Å². The van der Waals surface area contributed by atoms with Crippen LogP contribution in [0.3, 0.4) is 0 Å². The molecule has 1 aromatic rings. The van der Waals surface area contributed by atoms with Gasteiger partial charge in [0.1, 0.15) is 10.2 Å². The number of pyridine rings is 1. The van der Waals surface area contributed by atoms with Gasteiger partial charge >= 0.3 is 29.6 Å². The Labute approximate surface area is 100 Å². The molecule has 0 aliphatic carbocycles. The second kappa shape index (κ2) is 4.75. The minimum atomic E-state index is -0.434. The Bertz CT molecular complexity index is 311. The van der Waals surface area contributed by atoms with E-state index in [0.717, 1.165) is 0 Å². The second-order valence-corrected chi connectivity index (χ2v) is 2.80. The van der Waals surface area contributed by atoms with Crippen LogP contribution in [0.2, 0.25) is 15.2 Å². The van der Waals surface area contributed by atoms with E-state index >= 15 is 0 Å². The molecule has 1 aromatic heterocycles. The van der Waals surface area contributed by atoms with Crippen LogP contribution >= 0.6 is 34.8 Å². The largest absolute Gasteiger partial charge is 1.00 e. The molecule has 11 heavy (non-hydrogen) atoms. The number of nitrogens with one attached hydrogen (secondary N) is 1. The smallest absolute Gasteiger partial charge is 0.310 e. The van der Waals surface area contributed by atoms with Gasteiger partial charge in [0, 0.05) is 0 Å². The van der Waals surface area contributed by atoms with Gasteiger partial charge in [-0.1, -0.05) is 34.8 Å². The van der Waals surface area contributed by atoms with Crippen molar-refractivity contribution in [1.82, 2.24) is 4.98 Å². The Morgan fingerprint density at radius 2 is 1.73 bits per heavy atom. The molecule has 0 aliphatic heterocycles. The SMILES string of the molecule is O=c1[nH]c(Cl)c(Cl)cc1Cl.[Na+]. The summed E-state index contributed by atoms with van der Waals surface area (Å²) in [5, 5.41) is 0.386. The molecule has 0 aliphatic rings. The summed E-state index contributed by atoms with van der Waals surface area (Å²) in [5.41, 5.74) is -0.434. The van der Waals surface area contributed by atoms with Crippen LogP contribution in [-0.2, 0) is 0 Å². The van der Waals surface area contributed by atoms with E-state index in [4.69, 9.17) is 34.8 Å². The Morgan fingerprint density at radius 1 is 1.18 bits per heavy atom. The molecule has 2 nitrogen and oxygen atoms in total. The summed E-state index contributed by atoms with van der Waals surface area (Å²) in [6.07, 6.45) is 0. The van der Waals surface area contributed by atoms with Crippen molar-refractivity contribution in [1.29, 1.82) is 0 Å². The first-order valence-electron chi connectivity index (χ1n) is 2.35. The monoisotopic (exact) mass is 220 g/mol. The van der Waals surface area contributed by atoms with Gasteiger partial charge in [0.05, 0.1) is 5.02 Å². The van der Waals surface area contributed by atoms with Crippen LogP contribution in [0.15, 0.2) is 10.9 Å². The van der Waals surface area contributed by atoms with Gasteiger partial charge in [0.15, 0.2) is 0 Å². The van der Waals surface area contributed by atoms with Gasteiger partial charge < -0.3 is 4.98 Å². The number of aromatic nitrogens is 1. The minimum absolute atomic E-state index is 0. The van der Waals surface area contributed by atoms with Crippen molar-refractivity contribution in [3.05, 3.63) is 31.6 Å². The molecule has 0 saturated heterocycles. The number of hydrogen-bond acceptors (Lipinski definition) is 1. The summed E-state index contributed by atoms with van der Waals surface area (Å²) < 4.78 is 0. The molecule has 0 aromatic carbocycles. The average Bonchev–Trinajstić information content (AvgIpc) is 1.84. The third-order valence-electron chi connectivity index (χ3n) is 0.903. The Morgan fingerprint density at radius 3 is 2.18 bits per heavy atom. The minimum Gasteiger partial charge on any atom is -0.310 e. The van der Waals surface area contributed by atoms with Crippen LogP contribution in [0.25, 0.3) is 0 Å². The van der Waals surface area contributed by atoms with Crippen LogP contribution in [0.4, 0.5) is 0 Å².